The van der Waals surface area contributed by atoms with Crippen molar-refractivity contribution in [2.75, 3.05) is 6.54 Å². The molecule has 0 aliphatic heterocycles. The highest BCUT2D eigenvalue weighted by atomic mass is 35.5. The van der Waals surface area contributed by atoms with Gasteiger partial charge >= 0.3 is 6.18 Å². The lowest BCUT2D eigenvalue weighted by Crippen LogP contribution is -2.34. The van der Waals surface area contributed by atoms with Crippen LogP contribution in [0.4, 0.5) is 13.2 Å². The number of sulfonamides is 1. The summed E-state index contributed by atoms with van der Waals surface area (Å²) in [5, 5.41) is 9.05. The van der Waals surface area contributed by atoms with Crippen molar-refractivity contribution in [3.63, 3.8) is 0 Å². The van der Waals surface area contributed by atoms with Crippen LogP contribution in [0.15, 0.2) is 17.0 Å². The average molecular weight is 318 g/mol. The summed E-state index contributed by atoms with van der Waals surface area (Å²) in [6.07, 6.45) is -4.65. The van der Waals surface area contributed by atoms with Gasteiger partial charge in [-0.3, -0.25) is 0 Å². The molecule has 0 fully saturated rings. The standard InChI is InChI=1S/C10H11ClF3NO3S/c1-6-7(4-16)2-8(11)3-9(6)19(17,18)15-5-10(12,13)14/h2-3,15-16H,4-5H2,1H3. The monoisotopic (exact) mass is 317 g/mol. The fourth-order valence-corrected chi connectivity index (χ4v) is 3.04. The highest BCUT2D eigenvalue weighted by Crippen LogP contribution is 2.25. The van der Waals surface area contributed by atoms with Crippen LogP contribution >= 0.6 is 11.6 Å². The normalized spacial score (nSPS) is 12.7. The number of halogens is 4. The molecule has 0 spiro atoms. The van der Waals surface area contributed by atoms with Crippen molar-refractivity contribution in [3.05, 3.63) is 28.3 Å². The van der Waals surface area contributed by atoms with Crippen LogP contribution in [0, 0.1) is 6.92 Å². The molecule has 108 valence electrons. The van der Waals surface area contributed by atoms with Gasteiger partial charge in [-0.1, -0.05) is 11.6 Å². The van der Waals surface area contributed by atoms with E-state index in [2.05, 4.69) is 0 Å². The lowest BCUT2D eigenvalue weighted by molar-refractivity contribution is -0.121. The predicted molar refractivity (Wildman–Crippen MR) is 63.4 cm³/mol. The largest absolute Gasteiger partial charge is 0.402 e. The summed E-state index contributed by atoms with van der Waals surface area (Å²) < 4.78 is 61.1. The minimum Gasteiger partial charge on any atom is -0.392 e. The van der Waals surface area contributed by atoms with E-state index in [-0.39, 0.29) is 21.0 Å². The summed E-state index contributed by atoms with van der Waals surface area (Å²) in [6, 6.07) is 2.38. The number of hydrogen-bond acceptors (Lipinski definition) is 3. The molecule has 0 aromatic heterocycles. The van der Waals surface area contributed by atoms with E-state index in [1.54, 1.807) is 0 Å². The van der Waals surface area contributed by atoms with Gasteiger partial charge in [0.25, 0.3) is 0 Å². The molecule has 19 heavy (non-hydrogen) atoms. The second-order valence-electron chi connectivity index (χ2n) is 3.79. The predicted octanol–water partition coefficient (Wildman–Crippen LogP) is 1.98. The first-order chi connectivity index (χ1) is 8.57. The number of aliphatic hydroxyl groups is 1. The van der Waals surface area contributed by atoms with E-state index < -0.39 is 29.4 Å². The van der Waals surface area contributed by atoms with E-state index >= 15 is 0 Å². The van der Waals surface area contributed by atoms with E-state index in [4.69, 9.17) is 16.7 Å². The van der Waals surface area contributed by atoms with Gasteiger partial charge in [0, 0.05) is 5.02 Å². The van der Waals surface area contributed by atoms with E-state index in [1.165, 1.54) is 17.7 Å². The van der Waals surface area contributed by atoms with Gasteiger partial charge in [0.15, 0.2) is 0 Å². The fraction of sp³-hybridized carbons (Fsp3) is 0.400. The third kappa shape index (κ3) is 4.34. The third-order valence-corrected chi connectivity index (χ3v) is 4.10. The Morgan fingerprint density at radius 1 is 1.37 bits per heavy atom. The second kappa shape index (κ2) is 5.66. The van der Waals surface area contributed by atoms with Crippen LogP contribution in [-0.4, -0.2) is 26.2 Å². The summed E-state index contributed by atoms with van der Waals surface area (Å²) in [6.45, 7) is -0.756. The Kier molecular flexibility index (Phi) is 4.83. The first kappa shape index (κ1) is 16.2. The Hall–Kier alpha value is -0.830. The molecule has 0 amide bonds. The molecule has 1 aromatic rings. The van der Waals surface area contributed by atoms with Gasteiger partial charge in [0.1, 0.15) is 6.54 Å². The van der Waals surface area contributed by atoms with E-state index in [0.717, 1.165) is 6.07 Å². The first-order valence-electron chi connectivity index (χ1n) is 5.03. The fourth-order valence-electron chi connectivity index (χ4n) is 1.41. The molecule has 0 radical (unpaired) electrons. The molecule has 0 bridgehead atoms. The van der Waals surface area contributed by atoms with Crippen LogP contribution in [0.1, 0.15) is 11.1 Å². The topological polar surface area (TPSA) is 66.4 Å². The third-order valence-electron chi connectivity index (χ3n) is 2.35. The second-order valence-corrected chi connectivity index (χ2v) is 5.96. The highest BCUT2D eigenvalue weighted by Gasteiger charge is 2.30. The van der Waals surface area contributed by atoms with Crippen molar-refractivity contribution >= 4 is 21.6 Å². The summed E-state index contributed by atoms with van der Waals surface area (Å²) in [4.78, 5) is -0.381. The molecule has 0 unspecified atom stereocenters. The van der Waals surface area contributed by atoms with Crippen LogP contribution in [0.25, 0.3) is 0 Å². The van der Waals surface area contributed by atoms with Gasteiger partial charge in [0.05, 0.1) is 11.5 Å². The van der Waals surface area contributed by atoms with Gasteiger partial charge in [-0.25, -0.2) is 13.1 Å². The zero-order valence-corrected chi connectivity index (χ0v) is 11.3. The average Bonchev–Trinajstić information content (AvgIpc) is 2.28. The molecule has 2 N–H and O–H groups in total. The lowest BCUT2D eigenvalue weighted by atomic mass is 10.1. The van der Waals surface area contributed by atoms with Crippen LogP contribution in [0.2, 0.25) is 5.02 Å². The smallest absolute Gasteiger partial charge is 0.392 e. The molecule has 0 saturated carbocycles. The number of aliphatic hydroxyl groups excluding tert-OH is 1. The quantitative estimate of drug-likeness (QED) is 0.892. The van der Waals surface area contributed by atoms with Gasteiger partial charge in [-0.2, -0.15) is 13.2 Å². The van der Waals surface area contributed by atoms with Gasteiger partial charge < -0.3 is 5.11 Å². The van der Waals surface area contributed by atoms with E-state index in [9.17, 15) is 21.6 Å². The molecule has 0 atom stereocenters. The Morgan fingerprint density at radius 2 is 1.95 bits per heavy atom. The molecule has 9 heteroatoms. The van der Waals surface area contributed by atoms with Gasteiger partial charge in [0.2, 0.25) is 10.0 Å². The van der Waals surface area contributed by atoms with Crippen LogP contribution in [-0.2, 0) is 16.6 Å². The number of hydrogen-bond donors (Lipinski definition) is 2. The maximum atomic E-state index is 12.0. The first-order valence-corrected chi connectivity index (χ1v) is 6.89. The minimum atomic E-state index is -4.65. The number of benzene rings is 1. The van der Waals surface area contributed by atoms with Crippen molar-refractivity contribution in [3.8, 4) is 0 Å². The van der Waals surface area contributed by atoms with Gasteiger partial charge in [-0.15, -0.1) is 0 Å². The molecule has 1 rings (SSSR count). The zero-order chi connectivity index (χ0) is 14.8. The molecule has 1 aromatic carbocycles. The SMILES string of the molecule is Cc1c(CO)cc(Cl)cc1S(=O)(=O)NCC(F)(F)F. The summed E-state index contributed by atoms with van der Waals surface area (Å²) in [5.41, 5.74) is 0.390. The summed E-state index contributed by atoms with van der Waals surface area (Å²) in [5.74, 6) is 0. The molecule has 0 heterocycles. The Bertz CT molecular complexity index is 572. The molecule has 0 aliphatic carbocycles. The Balaban J connectivity index is 3.18. The van der Waals surface area contributed by atoms with Crippen molar-refractivity contribution in [2.24, 2.45) is 0 Å². The summed E-state index contributed by atoms with van der Waals surface area (Å²) >= 11 is 5.67. The van der Waals surface area contributed by atoms with Gasteiger partial charge in [-0.05, 0) is 30.2 Å². The Morgan fingerprint density at radius 3 is 2.42 bits per heavy atom. The van der Waals surface area contributed by atoms with Crippen molar-refractivity contribution in [1.82, 2.24) is 4.72 Å². The van der Waals surface area contributed by atoms with Crippen LogP contribution in [0.5, 0.6) is 0 Å². The molecule has 0 saturated heterocycles. The van der Waals surface area contributed by atoms with E-state index in [1.807, 2.05) is 0 Å². The van der Waals surface area contributed by atoms with Crippen LogP contribution < -0.4 is 4.72 Å². The van der Waals surface area contributed by atoms with Crippen molar-refractivity contribution in [1.29, 1.82) is 0 Å². The molecule has 0 aliphatic rings. The van der Waals surface area contributed by atoms with Crippen LogP contribution in [0.3, 0.4) is 0 Å². The maximum absolute atomic E-state index is 12.0. The maximum Gasteiger partial charge on any atom is 0.402 e. The molecular formula is C10H11ClF3NO3S. The lowest BCUT2D eigenvalue weighted by Gasteiger charge is -2.13. The number of alkyl halides is 3. The molecular weight excluding hydrogens is 307 g/mol. The van der Waals surface area contributed by atoms with E-state index in [0.29, 0.717) is 0 Å². The Labute approximate surface area is 113 Å². The number of rotatable bonds is 4. The minimum absolute atomic E-state index is 0.0158. The zero-order valence-electron chi connectivity index (χ0n) is 9.75. The highest BCUT2D eigenvalue weighted by molar-refractivity contribution is 7.89. The van der Waals surface area contributed by atoms with Crippen molar-refractivity contribution < 1.29 is 26.7 Å². The van der Waals surface area contributed by atoms with Crippen molar-refractivity contribution in [2.45, 2.75) is 24.6 Å². The molecule has 4 nitrogen and oxygen atoms in total. The summed E-state index contributed by atoms with van der Waals surface area (Å²) in [7, 11) is -4.34. The number of nitrogens with one attached hydrogen (secondary N) is 1.